The first kappa shape index (κ1) is 49.6. The predicted molar refractivity (Wildman–Crippen MR) is 453 cm³/mol. The summed E-state index contributed by atoms with van der Waals surface area (Å²) >= 11 is 0. The Morgan fingerprint density at radius 2 is 0.909 bits per heavy atom. The molecular formula is C102H45N5O3. The highest BCUT2D eigenvalue weighted by molar-refractivity contribution is 6.82. The van der Waals surface area contributed by atoms with Gasteiger partial charge in [-0.15, -0.1) is 0 Å². The van der Waals surface area contributed by atoms with Crippen molar-refractivity contribution < 1.29 is 14.6 Å². The van der Waals surface area contributed by atoms with Crippen molar-refractivity contribution in [3.8, 4) is 0 Å². The van der Waals surface area contributed by atoms with Crippen LogP contribution in [0.4, 0.5) is 0 Å². The number of benzene rings is 19. The Morgan fingerprint density at radius 1 is 0.518 bits per heavy atom. The van der Waals surface area contributed by atoms with Crippen LogP contribution in [-0.4, -0.2) is 56.1 Å². The first-order chi connectivity index (χ1) is 54.2. The van der Waals surface area contributed by atoms with E-state index in [0.29, 0.717) is 19.4 Å². The number of H-pyrrole nitrogens is 2. The number of hydrogen-bond donors (Lipinski definition) is 3. The van der Waals surface area contributed by atoms with Crippen molar-refractivity contribution in [3.05, 3.63) is 134 Å². The van der Waals surface area contributed by atoms with Gasteiger partial charge in [-0.3, -0.25) is 14.7 Å². The second-order valence-electron chi connectivity index (χ2n) is 37.6. The summed E-state index contributed by atoms with van der Waals surface area (Å²) in [5, 5.41) is 99.9. The number of nitrogens with one attached hydrogen (secondary N) is 2. The minimum atomic E-state index is -0.710. The fraction of sp³-hybridized carbons (Fsp3) is 0.167. The number of carbonyl (C=O) groups is 1. The Labute approximate surface area is 613 Å². The van der Waals surface area contributed by atoms with E-state index in [2.05, 4.69) is 97.7 Å². The summed E-state index contributed by atoms with van der Waals surface area (Å²) in [5.74, 6) is -0.282. The minimum absolute atomic E-state index is 0.00420. The third-order valence-electron chi connectivity index (χ3n) is 35.5. The molecular weight excluding hydrogens is 1340 g/mol. The number of carbonyl (C=O) groups excluding carboxylic acids is 1. The Hall–Kier alpha value is -12.3. The number of aromatic nitrogens is 4. The molecule has 40 rings (SSSR count). The average Bonchev–Trinajstić information content (AvgIpc) is 1.37. The van der Waals surface area contributed by atoms with Gasteiger partial charge >= 0.3 is 5.97 Å². The van der Waals surface area contributed by atoms with Crippen LogP contribution < -0.4 is 0 Å². The number of aliphatic hydroxyl groups is 1. The maximum atomic E-state index is 13.0. The molecule has 29 aromatic carbocycles. The van der Waals surface area contributed by atoms with Crippen LogP contribution in [0.1, 0.15) is 136 Å². The van der Waals surface area contributed by atoms with E-state index in [1.165, 1.54) is 23.8 Å². The highest BCUT2D eigenvalue weighted by Gasteiger charge is 2.76. The van der Waals surface area contributed by atoms with Gasteiger partial charge in [-0.1, -0.05) is 56.8 Å². The zero-order chi connectivity index (χ0) is 69.3. The van der Waals surface area contributed by atoms with Crippen molar-refractivity contribution in [2.24, 2.45) is 0 Å². The van der Waals surface area contributed by atoms with Gasteiger partial charge in [-0.05, 0) is 386 Å². The number of methoxy groups -OCH3 is 1. The smallest absolute Gasteiger partial charge is 0.305 e. The quantitative estimate of drug-likeness (QED) is 0.103. The normalized spacial score (nSPS) is 22.6. The molecule has 2 spiro atoms. The van der Waals surface area contributed by atoms with Gasteiger partial charge < -0.3 is 19.8 Å². The van der Waals surface area contributed by atoms with E-state index in [4.69, 9.17) is 14.7 Å². The molecule has 3 N–H and O–H groups in total. The molecule has 0 amide bonds. The van der Waals surface area contributed by atoms with E-state index in [0.717, 1.165) is 85.6 Å². The van der Waals surface area contributed by atoms with Crippen molar-refractivity contribution in [1.29, 1.82) is 0 Å². The zero-order valence-electron chi connectivity index (χ0n) is 59.6. The van der Waals surface area contributed by atoms with E-state index in [1.54, 1.807) is 313 Å². The summed E-state index contributed by atoms with van der Waals surface area (Å²) in [6, 6.07) is 19.1. The molecule has 8 bridgehead atoms. The molecule has 496 valence electrons. The first-order valence-electron chi connectivity index (χ1n) is 40.6. The molecule has 1 fully saturated rings. The predicted octanol–water partition coefficient (Wildman–Crippen LogP) is 24.7. The van der Waals surface area contributed by atoms with Gasteiger partial charge in [0.2, 0.25) is 0 Å². The number of esters is 1. The second kappa shape index (κ2) is 13.1. The van der Waals surface area contributed by atoms with Crippen molar-refractivity contribution >= 4 is 336 Å². The van der Waals surface area contributed by atoms with E-state index in [1.807, 2.05) is 6.08 Å². The van der Waals surface area contributed by atoms with E-state index in [9.17, 15) is 9.90 Å². The number of allylic oxidation sites excluding steroid dienone is 1. The highest BCUT2D eigenvalue weighted by Crippen LogP contribution is 2.87. The van der Waals surface area contributed by atoms with Gasteiger partial charge in [0, 0.05) is 87.9 Å². The zero-order valence-corrected chi connectivity index (χ0v) is 59.6. The summed E-state index contributed by atoms with van der Waals surface area (Å²) in [7, 11) is 1.47. The summed E-state index contributed by atoms with van der Waals surface area (Å²) in [6.07, 6.45) is 3.43. The van der Waals surface area contributed by atoms with Crippen LogP contribution in [0.25, 0.3) is 330 Å². The lowest BCUT2D eigenvalue weighted by molar-refractivity contribution is -0.140. The molecule has 5 aliphatic carbocycles. The van der Waals surface area contributed by atoms with Crippen LogP contribution in [0.2, 0.25) is 0 Å². The van der Waals surface area contributed by atoms with Gasteiger partial charge in [0.05, 0.1) is 41.5 Å². The van der Waals surface area contributed by atoms with Gasteiger partial charge in [0.15, 0.2) is 0 Å². The first-order valence-corrected chi connectivity index (χ1v) is 40.6. The molecule has 1 saturated heterocycles. The Morgan fingerprint density at radius 3 is 1.32 bits per heavy atom. The largest absolute Gasteiger partial charge is 0.469 e. The topological polar surface area (TPSA) is 107 Å². The fourth-order valence-corrected chi connectivity index (χ4v) is 33.4. The van der Waals surface area contributed by atoms with E-state index < -0.39 is 16.9 Å². The SMILES string of the molecule is C=Cc1c(C)c2cc3nc(c4c5[nH]c(cc6nc(cc1[nH]2)C(CN1CC27c8c9c%10c%11c%12c%13c(c%14c%15c2c2c8c8c%16c9c9c%10c%10c%12c%12c%17c%13c%13c%14c%14c%15c%15c2c2c8c8c%16c%16c9c9c%10c%12c%10c%12c%17c%13c%13c%14c%14c%15c2c2c8c8c%16c9c%10c9c%12c%13c%14c2c89)C%117C1c1ccccc1)=C6CC)c(C)c5C(O)C4)[C@@H](CCC(=O)OC)[C@@H]3C. The molecule has 3 aromatic heterocycles. The number of fused-ring (bicyclic) bond motifs is 8. The molecule has 0 radical (unpaired) electrons. The third kappa shape index (κ3) is 3.50. The van der Waals surface area contributed by atoms with Crippen molar-refractivity contribution in [1.82, 2.24) is 24.8 Å². The maximum Gasteiger partial charge on any atom is 0.305 e. The van der Waals surface area contributed by atoms with Crippen LogP contribution >= 0.6 is 0 Å². The average molecular weight is 1390 g/mol. The number of aryl methyl sites for hydroxylation is 2. The van der Waals surface area contributed by atoms with Gasteiger partial charge in [0.1, 0.15) is 0 Å². The van der Waals surface area contributed by atoms with Gasteiger partial charge in [-0.2, -0.15) is 0 Å². The lowest BCUT2D eigenvalue weighted by Crippen LogP contribution is -2.51. The minimum Gasteiger partial charge on any atom is -0.469 e. The lowest BCUT2D eigenvalue weighted by atomic mass is 9.47. The van der Waals surface area contributed by atoms with Crippen LogP contribution in [-0.2, 0) is 26.8 Å². The Kier molecular flexibility index (Phi) is 5.92. The molecule has 8 nitrogen and oxygen atoms in total. The van der Waals surface area contributed by atoms with Gasteiger partial charge in [-0.25, -0.2) is 4.98 Å². The maximum absolute atomic E-state index is 13.0. The molecule has 8 heteroatoms. The van der Waals surface area contributed by atoms with Crippen LogP contribution in [0, 0.1) is 13.8 Å². The second-order valence-corrected chi connectivity index (χ2v) is 37.6. The van der Waals surface area contributed by atoms with Crippen LogP contribution in [0.15, 0.2) is 55.1 Å². The van der Waals surface area contributed by atoms with Crippen molar-refractivity contribution in [2.75, 3.05) is 20.2 Å². The summed E-state index contributed by atoms with van der Waals surface area (Å²) in [5.41, 5.74) is 22.6. The van der Waals surface area contributed by atoms with E-state index >= 15 is 0 Å². The molecule has 6 heterocycles. The molecule has 0 saturated carbocycles. The number of hydrogen-bond acceptors (Lipinski definition) is 6. The highest BCUT2D eigenvalue weighted by atomic mass is 16.5. The Bertz CT molecular complexity index is 9910. The lowest BCUT2D eigenvalue weighted by Gasteiger charge is -2.52. The number of nitrogens with zero attached hydrogens (tertiary/aromatic N) is 3. The van der Waals surface area contributed by atoms with Crippen molar-refractivity contribution in [2.45, 2.75) is 88.2 Å². The molecule has 110 heavy (non-hydrogen) atoms. The monoisotopic (exact) mass is 1390 g/mol. The molecule has 3 aliphatic heterocycles. The number of aliphatic hydroxyl groups excluding tert-OH is 1. The van der Waals surface area contributed by atoms with Gasteiger partial charge in [0.25, 0.3) is 0 Å². The van der Waals surface area contributed by atoms with Crippen molar-refractivity contribution in [3.63, 3.8) is 0 Å². The molecule has 2 unspecified atom stereocenters. The third-order valence-corrected chi connectivity index (χ3v) is 35.5. The number of rotatable bonds is 8. The molecule has 8 aliphatic rings. The van der Waals surface area contributed by atoms with Crippen LogP contribution in [0.3, 0.4) is 0 Å². The fourth-order valence-electron chi connectivity index (χ4n) is 33.4. The molecule has 32 aromatic rings. The summed E-state index contributed by atoms with van der Waals surface area (Å²) in [6.45, 7) is 15.1. The standard InChI is InChI=1S/C102H45N5O3/c1-7-26-22(3)31-17-32-23(4)28(14-15-38(109)110-6)98(105-32)29-16-37(108)39-24(5)33(106-99(29)39)18-35-27(8-2)30(36(104-35)19-34(26)103-31)20-107-21-101-94-86-78-68-58-50-42-40-41-44-48-46(42)54-62-56(48)66-60-52(44)53-45(41)49-47-43(40)51(50)59-65-55(47)63-57(49)67-61(53)71-70(60)82-76(66)84-74(62)80(72(78)64(54)58)88(94)90(84)96-92(82)93-83(71)77(67)85-75(63)81-73(65)79(69(59)68)87(86)95(101)89(81)91(85)97(93)102(96,101)100(107)25-12-10-9-11-13-25/h7,9-13,17-19,23,28,37,100,103,106,108H,1,8,14-16,20-21H2,2-6H3/t23-,28-,37?,100?,101?,102?/m0/s1. The number of ether oxygens (including phenoxy) is 1. The van der Waals surface area contributed by atoms with E-state index in [-0.39, 0.29) is 30.3 Å². The number of likely N-dealkylation sites (tertiary alicyclic amines) is 1. The number of aromatic amines is 2. The summed E-state index contributed by atoms with van der Waals surface area (Å²) in [4.78, 5) is 35.8. The Balaban J connectivity index is 0.722. The summed E-state index contributed by atoms with van der Waals surface area (Å²) < 4.78 is 5.25. The van der Waals surface area contributed by atoms with Crippen LogP contribution in [0.5, 0.6) is 0 Å². The molecule has 4 atom stereocenters.